The predicted molar refractivity (Wildman–Crippen MR) is 77.0 cm³/mol. The van der Waals surface area contributed by atoms with Crippen molar-refractivity contribution in [2.75, 3.05) is 19.8 Å². The smallest absolute Gasteiger partial charge is 0.316 e. The number of amides is 2. The number of H-pyrrole nitrogens is 1. The van der Waals surface area contributed by atoms with Gasteiger partial charge in [0.05, 0.1) is 6.67 Å². The lowest BCUT2D eigenvalue weighted by Crippen LogP contribution is -2.37. The minimum Gasteiger partial charge on any atom is -0.316 e. The Kier molecular flexibility index (Phi) is 4.95. The monoisotopic (exact) mass is 346 g/mol. The van der Waals surface area contributed by atoms with Gasteiger partial charge in [0, 0.05) is 17.7 Å². The molecule has 0 radical (unpaired) electrons. The van der Waals surface area contributed by atoms with E-state index in [0.717, 1.165) is 4.90 Å². The maximum absolute atomic E-state index is 12.4. The third-order valence-electron chi connectivity index (χ3n) is 3.67. The van der Waals surface area contributed by atoms with Crippen molar-refractivity contribution in [3.63, 3.8) is 0 Å². The molecule has 0 bridgehead atoms. The van der Waals surface area contributed by atoms with Gasteiger partial charge in [-0.05, 0) is 20.3 Å². The van der Waals surface area contributed by atoms with Crippen molar-refractivity contribution in [2.45, 2.75) is 32.9 Å². The number of carbonyl (C=O) groups excluding carboxylic acids is 2. The van der Waals surface area contributed by atoms with Gasteiger partial charge in [-0.3, -0.25) is 14.4 Å². The summed E-state index contributed by atoms with van der Waals surface area (Å²) in [5.41, 5.74) is 0.510. The second kappa shape index (κ2) is 6.62. The molecule has 1 aromatic rings. The number of hydrogen-bond donors (Lipinski definition) is 1. The number of halogens is 3. The van der Waals surface area contributed by atoms with Crippen LogP contribution in [0.25, 0.3) is 0 Å². The zero-order chi connectivity index (χ0) is 18.1. The number of aromatic amines is 1. The van der Waals surface area contributed by atoms with Gasteiger partial charge in [0.2, 0.25) is 11.8 Å². The number of nitrogens with one attached hydrogen (secondary N) is 1. The molecule has 1 aliphatic rings. The van der Waals surface area contributed by atoms with Crippen LogP contribution < -0.4 is 5.56 Å². The molecule has 1 aliphatic heterocycles. The molecule has 1 aromatic heterocycles. The van der Waals surface area contributed by atoms with E-state index in [9.17, 15) is 27.6 Å². The Morgan fingerprint density at radius 2 is 1.96 bits per heavy atom. The van der Waals surface area contributed by atoms with Crippen LogP contribution in [0.4, 0.5) is 13.2 Å². The molecule has 2 amide bonds. The Morgan fingerprint density at radius 3 is 2.54 bits per heavy atom. The molecule has 0 atom stereocenters. The van der Waals surface area contributed by atoms with E-state index >= 15 is 0 Å². The standard InChI is InChI=1S/C14H17F3N4O3/c1-8-10(13(24)19-9(2)18-8)3-4-11(22)20-5-12(23)21(7-20)6-14(15,16)17/h3-7H2,1-2H3,(H,18,19,24). The molecule has 10 heteroatoms. The van der Waals surface area contributed by atoms with Gasteiger partial charge in [-0.1, -0.05) is 0 Å². The maximum Gasteiger partial charge on any atom is 0.406 e. The highest BCUT2D eigenvalue weighted by Crippen LogP contribution is 2.19. The van der Waals surface area contributed by atoms with Gasteiger partial charge >= 0.3 is 6.18 Å². The minimum absolute atomic E-state index is 0.0815. The van der Waals surface area contributed by atoms with Crippen LogP contribution in [0.2, 0.25) is 0 Å². The summed E-state index contributed by atoms with van der Waals surface area (Å²) in [7, 11) is 0. The largest absolute Gasteiger partial charge is 0.406 e. The Balaban J connectivity index is 1.97. The number of rotatable bonds is 4. The quantitative estimate of drug-likeness (QED) is 0.861. The summed E-state index contributed by atoms with van der Waals surface area (Å²) < 4.78 is 37.1. The van der Waals surface area contributed by atoms with Crippen molar-refractivity contribution in [1.82, 2.24) is 19.8 Å². The molecule has 1 N–H and O–H groups in total. The Bertz CT molecular complexity index is 714. The summed E-state index contributed by atoms with van der Waals surface area (Å²) in [5, 5.41) is 0. The molecule has 0 saturated carbocycles. The Labute approximate surface area is 135 Å². The van der Waals surface area contributed by atoms with Crippen molar-refractivity contribution in [1.29, 1.82) is 0 Å². The van der Waals surface area contributed by atoms with Crippen LogP contribution in [0.15, 0.2) is 4.79 Å². The fourth-order valence-electron chi connectivity index (χ4n) is 2.56. The number of carbonyl (C=O) groups is 2. The fraction of sp³-hybridized carbons (Fsp3) is 0.571. The van der Waals surface area contributed by atoms with E-state index in [1.165, 1.54) is 0 Å². The van der Waals surface area contributed by atoms with Crippen molar-refractivity contribution < 1.29 is 22.8 Å². The number of aromatic nitrogens is 2. The van der Waals surface area contributed by atoms with Gasteiger partial charge in [0.25, 0.3) is 5.56 Å². The van der Waals surface area contributed by atoms with Gasteiger partial charge < -0.3 is 14.8 Å². The molecular formula is C14H17F3N4O3. The molecule has 24 heavy (non-hydrogen) atoms. The van der Waals surface area contributed by atoms with E-state index < -0.39 is 31.2 Å². The first-order valence-corrected chi connectivity index (χ1v) is 7.25. The predicted octanol–water partition coefficient (Wildman–Crippen LogP) is 0.510. The molecule has 132 valence electrons. The zero-order valence-electron chi connectivity index (χ0n) is 13.2. The molecule has 1 fully saturated rings. The SMILES string of the molecule is Cc1nc(C)c(CCC(=O)N2CC(=O)N(CC(F)(F)F)C2)c(=O)[nH]1. The Morgan fingerprint density at radius 1 is 1.29 bits per heavy atom. The van der Waals surface area contributed by atoms with E-state index in [-0.39, 0.29) is 24.9 Å². The van der Waals surface area contributed by atoms with E-state index in [1.54, 1.807) is 13.8 Å². The lowest BCUT2D eigenvalue weighted by Gasteiger charge is -2.19. The first-order chi connectivity index (χ1) is 11.1. The molecular weight excluding hydrogens is 329 g/mol. The summed E-state index contributed by atoms with van der Waals surface area (Å²) in [6.07, 6.45) is -4.48. The lowest BCUT2D eigenvalue weighted by molar-refractivity contribution is -0.157. The van der Waals surface area contributed by atoms with Gasteiger partial charge in [0.15, 0.2) is 0 Å². The Hall–Kier alpha value is -2.39. The van der Waals surface area contributed by atoms with Crippen LogP contribution >= 0.6 is 0 Å². The molecule has 0 unspecified atom stereocenters. The lowest BCUT2D eigenvalue weighted by atomic mass is 10.1. The summed E-state index contributed by atoms with van der Waals surface area (Å²) in [6, 6.07) is 0. The highest BCUT2D eigenvalue weighted by molar-refractivity contribution is 5.87. The summed E-state index contributed by atoms with van der Waals surface area (Å²) in [6.45, 7) is 1.13. The maximum atomic E-state index is 12.4. The molecule has 0 aliphatic carbocycles. The number of nitrogens with zero attached hydrogens (tertiary/aromatic N) is 3. The van der Waals surface area contributed by atoms with Crippen LogP contribution in [0.5, 0.6) is 0 Å². The van der Waals surface area contributed by atoms with E-state index in [2.05, 4.69) is 9.97 Å². The van der Waals surface area contributed by atoms with Crippen LogP contribution in [0.3, 0.4) is 0 Å². The average molecular weight is 346 g/mol. The van der Waals surface area contributed by atoms with Crippen LogP contribution in [-0.4, -0.2) is 57.5 Å². The molecule has 0 aromatic carbocycles. The third-order valence-corrected chi connectivity index (χ3v) is 3.67. The van der Waals surface area contributed by atoms with Crippen molar-refractivity contribution in [3.8, 4) is 0 Å². The van der Waals surface area contributed by atoms with Crippen molar-refractivity contribution in [3.05, 3.63) is 27.4 Å². The second-order valence-electron chi connectivity index (χ2n) is 5.66. The van der Waals surface area contributed by atoms with Crippen molar-refractivity contribution in [2.24, 2.45) is 0 Å². The molecule has 2 heterocycles. The van der Waals surface area contributed by atoms with E-state index in [4.69, 9.17) is 0 Å². The van der Waals surface area contributed by atoms with E-state index in [0.29, 0.717) is 22.0 Å². The average Bonchev–Trinajstić information content (AvgIpc) is 2.76. The number of aryl methyl sites for hydroxylation is 2. The van der Waals surface area contributed by atoms with Crippen LogP contribution in [-0.2, 0) is 16.0 Å². The topological polar surface area (TPSA) is 86.4 Å². The molecule has 2 rings (SSSR count). The summed E-state index contributed by atoms with van der Waals surface area (Å²) in [5.74, 6) is -0.764. The molecule has 1 saturated heterocycles. The van der Waals surface area contributed by atoms with Gasteiger partial charge in [0.1, 0.15) is 18.9 Å². The van der Waals surface area contributed by atoms with Gasteiger partial charge in [-0.15, -0.1) is 0 Å². The minimum atomic E-state index is -4.51. The summed E-state index contributed by atoms with van der Waals surface area (Å²) >= 11 is 0. The van der Waals surface area contributed by atoms with Gasteiger partial charge in [-0.2, -0.15) is 13.2 Å². The normalized spacial score (nSPS) is 15.3. The van der Waals surface area contributed by atoms with Crippen LogP contribution in [0.1, 0.15) is 23.5 Å². The molecule has 0 spiro atoms. The fourth-order valence-corrected chi connectivity index (χ4v) is 2.56. The number of hydrogen-bond acceptors (Lipinski definition) is 4. The number of alkyl halides is 3. The summed E-state index contributed by atoms with van der Waals surface area (Å²) in [4.78, 5) is 43.8. The first-order valence-electron chi connectivity index (χ1n) is 7.25. The zero-order valence-corrected chi connectivity index (χ0v) is 13.2. The second-order valence-corrected chi connectivity index (χ2v) is 5.66. The van der Waals surface area contributed by atoms with E-state index in [1.807, 2.05) is 0 Å². The first kappa shape index (κ1) is 18.0. The van der Waals surface area contributed by atoms with Crippen LogP contribution in [0, 0.1) is 13.8 Å². The third kappa shape index (κ3) is 4.33. The highest BCUT2D eigenvalue weighted by Gasteiger charge is 2.38. The van der Waals surface area contributed by atoms with Crippen molar-refractivity contribution >= 4 is 11.8 Å². The highest BCUT2D eigenvalue weighted by atomic mass is 19.4. The van der Waals surface area contributed by atoms with Gasteiger partial charge in [-0.25, -0.2) is 4.98 Å². The molecule has 7 nitrogen and oxygen atoms in total.